The molecule has 0 spiro atoms. The summed E-state index contributed by atoms with van der Waals surface area (Å²) in [7, 11) is 0. The average molecular weight is 358 g/mol. The van der Waals surface area contributed by atoms with Crippen LogP contribution < -0.4 is 5.32 Å². The molecule has 0 saturated heterocycles. The van der Waals surface area contributed by atoms with Gasteiger partial charge in [0.25, 0.3) is 0 Å². The molecule has 2 atom stereocenters. The van der Waals surface area contributed by atoms with Crippen LogP contribution >= 0.6 is 15.9 Å². The Balaban J connectivity index is 1.94. The lowest BCUT2D eigenvalue weighted by Crippen LogP contribution is -2.30. The molecule has 0 heterocycles. The van der Waals surface area contributed by atoms with Gasteiger partial charge < -0.3 is 5.32 Å². The number of halogens is 1. The Morgan fingerprint density at radius 2 is 1.73 bits per heavy atom. The monoisotopic (exact) mass is 357 g/mol. The third-order valence-electron chi connectivity index (χ3n) is 4.34. The zero-order chi connectivity index (χ0) is 15.4. The second-order valence-corrected chi connectivity index (χ2v) is 6.68. The Bertz CT molecular complexity index is 641. The molecule has 1 N–H and O–H groups in total. The van der Waals surface area contributed by atoms with Crippen molar-refractivity contribution in [2.45, 2.75) is 31.7 Å². The first-order valence-electron chi connectivity index (χ1n) is 7.84. The van der Waals surface area contributed by atoms with Crippen LogP contribution in [0.5, 0.6) is 0 Å². The van der Waals surface area contributed by atoms with Crippen molar-refractivity contribution in [3.63, 3.8) is 0 Å². The molecule has 114 valence electrons. The van der Waals surface area contributed by atoms with Crippen molar-refractivity contribution >= 4 is 27.4 Å². The Hall–Kier alpha value is -1.61. The van der Waals surface area contributed by atoms with Crippen molar-refractivity contribution < 1.29 is 4.79 Å². The maximum absolute atomic E-state index is 12.5. The molecule has 2 aromatic carbocycles. The molecule has 22 heavy (non-hydrogen) atoms. The van der Waals surface area contributed by atoms with Gasteiger partial charge in [-0.2, -0.15) is 0 Å². The zero-order valence-electron chi connectivity index (χ0n) is 12.5. The van der Waals surface area contributed by atoms with Crippen molar-refractivity contribution in [2.24, 2.45) is 5.92 Å². The molecule has 0 unspecified atom stereocenters. The molecule has 1 saturated carbocycles. The summed E-state index contributed by atoms with van der Waals surface area (Å²) in [6.45, 7) is 0. The summed E-state index contributed by atoms with van der Waals surface area (Å²) in [6.07, 6.45) is 3.84. The van der Waals surface area contributed by atoms with Crippen molar-refractivity contribution in [2.75, 3.05) is 5.32 Å². The van der Waals surface area contributed by atoms with E-state index in [2.05, 4.69) is 39.4 Å². The summed E-state index contributed by atoms with van der Waals surface area (Å²) in [4.78, 5) is 12.5. The maximum atomic E-state index is 12.5. The van der Waals surface area contributed by atoms with E-state index >= 15 is 0 Å². The van der Waals surface area contributed by atoms with Gasteiger partial charge in [-0.25, -0.2) is 0 Å². The van der Waals surface area contributed by atoms with Gasteiger partial charge in [0.1, 0.15) is 5.78 Å². The predicted molar refractivity (Wildman–Crippen MR) is 93.9 cm³/mol. The average Bonchev–Trinajstić information content (AvgIpc) is 2.55. The van der Waals surface area contributed by atoms with Crippen LogP contribution in [0.25, 0.3) is 0 Å². The largest absolute Gasteiger partial charge is 0.377 e. The molecular formula is C19H20BrNO. The number of ketones is 1. The molecule has 0 amide bonds. The van der Waals surface area contributed by atoms with Crippen LogP contribution in [-0.2, 0) is 4.79 Å². The van der Waals surface area contributed by atoms with Crippen molar-refractivity contribution in [1.29, 1.82) is 0 Å². The Morgan fingerprint density at radius 3 is 2.45 bits per heavy atom. The van der Waals surface area contributed by atoms with Crippen LogP contribution in [0.3, 0.4) is 0 Å². The first-order chi connectivity index (χ1) is 10.8. The van der Waals surface area contributed by atoms with Crippen molar-refractivity contribution in [3.8, 4) is 0 Å². The molecule has 1 aliphatic rings. The Morgan fingerprint density at radius 1 is 1.00 bits per heavy atom. The first-order valence-corrected chi connectivity index (χ1v) is 8.64. The second-order valence-electron chi connectivity index (χ2n) is 5.83. The molecule has 2 nitrogen and oxygen atoms in total. The number of hydrogen-bond acceptors (Lipinski definition) is 2. The first kappa shape index (κ1) is 15.3. The molecule has 0 radical (unpaired) electrons. The summed E-state index contributed by atoms with van der Waals surface area (Å²) in [5.74, 6) is 0.433. The number of anilines is 1. The minimum atomic E-state index is 0.0192. The quantitative estimate of drug-likeness (QED) is 0.797. The fourth-order valence-electron chi connectivity index (χ4n) is 3.20. The highest BCUT2D eigenvalue weighted by Crippen LogP contribution is 2.37. The van der Waals surface area contributed by atoms with Gasteiger partial charge >= 0.3 is 0 Å². The van der Waals surface area contributed by atoms with Gasteiger partial charge in [-0.15, -0.1) is 0 Å². The van der Waals surface area contributed by atoms with E-state index in [4.69, 9.17) is 0 Å². The SMILES string of the molecule is O=C1CCCC[C@H]1[C@@H](Nc1ccccc1)c1ccccc1Br. The minimum absolute atomic E-state index is 0.0192. The number of hydrogen-bond donors (Lipinski definition) is 1. The summed E-state index contributed by atoms with van der Waals surface area (Å²) in [5.41, 5.74) is 2.22. The molecule has 3 rings (SSSR count). The molecule has 0 aromatic heterocycles. The molecular weight excluding hydrogens is 338 g/mol. The van der Waals surface area contributed by atoms with Gasteiger partial charge in [-0.05, 0) is 36.6 Å². The Kier molecular flexibility index (Phi) is 4.94. The lowest BCUT2D eigenvalue weighted by Gasteiger charge is -2.31. The van der Waals surface area contributed by atoms with Crippen molar-refractivity contribution in [3.05, 3.63) is 64.6 Å². The van der Waals surface area contributed by atoms with E-state index in [9.17, 15) is 4.79 Å². The highest BCUT2D eigenvalue weighted by Gasteiger charge is 2.32. The molecule has 3 heteroatoms. The summed E-state index contributed by atoms with van der Waals surface area (Å²) < 4.78 is 1.06. The Labute approximate surface area is 140 Å². The number of para-hydroxylation sites is 1. The predicted octanol–water partition coefficient (Wildman–Crippen LogP) is 5.36. The van der Waals surface area contributed by atoms with Gasteiger partial charge in [0.05, 0.1) is 6.04 Å². The normalized spacial score (nSPS) is 19.7. The molecule has 2 aromatic rings. The molecule has 1 aliphatic carbocycles. The minimum Gasteiger partial charge on any atom is -0.377 e. The van der Waals surface area contributed by atoms with E-state index in [-0.39, 0.29) is 12.0 Å². The van der Waals surface area contributed by atoms with E-state index in [1.807, 2.05) is 36.4 Å². The third-order valence-corrected chi connectivity index (χ3v) is 5.06. The maximum Gasteiger partial charge on any atom is 0.138 e. The topological polar surface area (TPSA) is 29.1 Å². The number of rotatable bonds is 4. The van der Waals surface area contributed by atoms with E-state index in [0.29, 0.717) is 12.2 Å². The van der Waals surface area contributed by atoms with Crippen molar-refractivity contribution in [1.82, 2.24) is 0 Å². The highest BCUT2D eigenvalue weighted by atomic mass is 79.9. The van der Waals surface area contributed by atoms with Crippen LogP contribution in [0.1, 0.15) is 37.3 Å². The van der Waals surface area contributed by atoms with E-state index in [1.165, 1.54) is 0 Å². The van der Waals surface area contributed by atoms with Crippen LogP contribution in [0.15, 0.2) is 59.1 Å². The van der Waals surface area contributed by atoms with Gasteiger partial charge in [-0.1, -0.05) is 58.7 Å². The number of carbonyl (C=O) groups excluding carboxylic acids is 1. The zero-order valence-corrected chi connectivity index (χ0v) is 14.1. The number of nitrogens with one attached hydrogen (secondary N) is 1. The fourth-order valence-corrected chi connectivity index (χ4v) is 3.73. The third kappa shape index (κ3) is 3.41. The van der Waals surface area contributed by atoms with E-state index in [0.717, 1.165) is 35.0 Å². The van der Waals surface area contributed by atoms with Crippen LogP contribution in [0.4, 0.5) is 5.69 Å². The number of benzene rings is 2. The van der Waals surface area contributed by atoms with Crippen LogP contribution in [-0.4, -0.2) is 5.78 Å². The van der Waals surface area contributed by atoms with Crippen LogP contribution in [0.2, 0.25) is 0 Å². The number of Topliss-reactive ketones (excluding diaryl/α,β-unsaturated/α-hetero) is 1. The smallest absolute Gasteiger partial charge is 0.138 e. The van der Waals surface area contributed by atoms with E-state index in [1.54, 1.807) is 0 Å². The summed E-state index contributed by atoms with van der Waals surface area (Å²) in [5, 5.41) is 3.59. The lowest BCUT2D eigenvalue weighted by molar-refractivity contribution is -0.125. The van der Waals surface area contributed by atoms with Gasteiger partial charge in [-0.3, -0.25) is 4.79 Å². The van der Waals surface area contributed by atoms with Gasteiger partial charge in [0.15, 0.2) is 0 Å². The van der Waals surface area contributed by atoms with Gasteiger partial charge in [0, 0.05) is 22.5 Å². The van der Waals surface area contributed by atoms with Crippen LogP contribution in [0, 0.1) is 5.92 Å². The lowest BCUT2D eigenvalue weighted by atomic mass is 9.80. The summed E-state index contributed by atoms with van der Waals surface area (Å²) in [6, 6.07) is 18.4. The summed E-state index contributed by atoms with van der Waals surface area (Å²) >= 11 is 3.65. The standard InChI is InChI=1S/C19H20BrNO/c20-17-12-6-4-10-15(17)19(16-11-5-7-13-18(16)22)21-14-8-2-1-3-9-14/h1-4,6,8-10,12,16,19,21H,5,7,11,13H2/t16-,19+/m1/s1. The second kappa shape index (κ2) is 7.10. The van der Waals surface area contributed by atoms with E-state index < -0.39 is 0 Å². The molecule has 0 bridgehead atoms. The molecule has 0 aliphatic heterocycles. The van der Waals surface area contributed by atoms with Gasteiger partial charge in [0.2, 0.25) is 0 Å². The number of carbonyl (C=O) groups is 1. The fraction of sp³-hybridized carbons (Fsp3) is 0.316. The molecule has 1 fully saturated rings. The highest BCUT2D eigenvalue weighted by molar-refractivity contribution is 9.10.